The van der Waals surface area contributed by atoms with E-state index >= 15 is 0 Å². The Morgan fingerprint density at radius 2 is 1.71 bits per heavy atom. The summed E-state index contributed by atoms with van der Waals surface area (Å²) in [4.78, 5) is 12.0. The van der Waals surface area contributed by atoms with Crippen molar-refractivity contribution in [2.24, 2.45) is 0 Å². The highest BCUT2D eigenvalue weighted by atomic mass is 35.5. The first-order valence-electron chi connectivity index (χ1n) is 6.18. The summed E-state index contributed by atoms with van der Waals surface area (Å²) < 4.78 is 5.37. The van der Waals surface area contributed by atoms with E-state index in [4.69, 9.17) is 16.0 Å². The predicted molar refractivity (Wildman–Crippen MR) is 79.1 cm³/mol. The summed E-state index contributed by atoms with van der Waals surface area (Å²) in [5, 5.41) is 10.9. The van der Waals surface area contributed by atoms with Gasteiger partial charge in [0.1, 0.15) is 0 Å². The molecule has 0 aliphatic rings. The predicted octanol–water partition coefficient (Wildman–Crippen LogP) is 3.64. The molecule has 0 radical (unpaired) electrons. The summed E-state index contributed by atoms with van der Waals surface area (Å²) in [6.45, 7) is 0. The fourth-order valence-electron chi connectivity index (χ4n) is 1.73. The Hall–Kier alpha value is -2.66. The molecule has 0 saturated carbocycles. The number of amides is 1. The van der Waals surface area contributed by atoms with E-state index in [1.54, 1.807) is 36.4 Å². The minimum atomic E-state index is -0.450. The molecule has 3 rings (SSSR count). The number of carbonyl (C=O) groups is 1. The lowest BCUT2D eigenvalue weighted by atomic mass is 10.2. The minimum Gasteiger partial charge on any atom is -0.412 e. The van der Waals surface area contributed by atoms with E-state index in [2.05, 4.69) is 15.5 Å². The molecule has 104 valence electrons. The Bertz CT molecular complexity index is 754. The second kappa shape index (κ2) is 5.76. The maximum absolute atomic E-state index is 12.0. The van der Waals surface area contributed by atoms with E-state index in [0.29, 0.717) is 16.3 Å². The average molecular weight is 300 g/mol. The molecule has 0 spiro atoms. The molecule has 1 aromatic heterocycles. The van der Waals surface area contributed by atoms with Crippen LogP contribution in [0.25, 0.3) is 11.5 Å². The monoisotopic (exact) mass is 299 g/mol. The smallest absolute Gasteiger partial charge is 0.313 e. The van der Waals surface area contributed by atoms with Crippen molar-refractivity contribution in [1.82, 2.24) is 10.2 Å². The largest absolute Gasteiger partial charge is 0.412 e. The Balaban J connectivity index is 1.78. The number of hydrogen-bond donors (Lipinski definition) is 1. The van der Waals surface area contributed by atoms with Crippen LogP contribution in [0.15, 0.2) is 59.0 Å². The van der Waals surface area contributed by atoms with Crippen LogP contribution in [0, 0.1) is 0 Å². The van der Waals surface area contributed by atoms with Crippen molar-refractivity contribution in [2.45, 2.75) is 0 Å². The molecule has 1 amide bonds. The van der Waals surface area contributed by atoms with Gasteiger partial charge in [-0.3, -0.25) is 4.79 Å². The Kier molecular flexibility index (Phi) is 3.66. The van der Waals surface area contributed by atoms with Gasteiger partial charge in [-0.15, -0.1) is 10.2 Å². The van der Waals surface area contributed by atoms with Gasteiger partial charge < -0.3 is 9.73 Å². The molecule has 0 bridgehead atoms. The maximum atomic E-state index is 12.0. The summed E-state index contributed by atoms with van der Waals surface area (Å²) >= 11 is 5.81. The molecule has 3 aromatic rings. The summed E-state index contributed by atoms with van der Waals surface area (Å²) in [6.07, 6.45) is 0. The number of nitrogens with one attached hydrogen (secondary N) is 1. The second-order valence-corrected chi connectivity index (χ2v) is 4.68. The van der Waals surface area contributed by atoms with Crippen LogP contribution in [-0.2, 0) is 0 Å². The van der Waals surface area contributed by atoms with E-state index in [1.807, 2.05) is 18.2 Å². The first kappa shape index (κ1) is 13.3. The second-order valence-electron chi connectivity index (χ2n) is 4.24. The molecule has 0 atom stereocenters. The van der Waals surface area contributed by atoms with Gasteiger partial charge in [0.15, 0.2) is 0 Å². The number of nitrogens with zero attached hydrogens (tertiary/aromatic N) is 2. The van der Waals surface area contributed by atoms with E-state index in [9.17, 15) is 4.79 Å². The molecule has 2 aromatic carbocycles. The van der Waals surface area contributed by atoms with E-state index in [1.165, 1.54) is 0 Å². The van der Waals surface area contributed by atoms with Crippen LogP contribution in [0.2, 0.25) is 5.02 Å². The maximum Gasteiger partial charge on any atom is 0.313 e. The van der Waals surface area contributed by atoms with Crippen LogP contribution >= 0.6 is 11.6 Å². The molecule has 5 nitrogen and oxygen atoms in total. The lowest BCUT2D eigenvalue weighted by Gasteiger charge is -2.00. The highest BCUT2D eigenvalue weighted by Crippen LogP contribution is 2.20. The summed E-state index contributed by atoms with van der Waals surface area (Å²) in [5.74, 6) is -0.275. The summed E-state index contributed by atoms with van der Waals surface area (Å²) in [6, 6.07) is 16.0. The zero-order valence-corrected chi connectivity index (χ0v) is 11.5. The molecular formula is C15H10ClN3O2. The van der Waals surface area contributed by atoms with Gasteiger partial charge in [-0.05, 0) is 36.4 Å². The van der Waals surface area contributed by atoms with Crippen LogP contribution in [-0.4, -0.2) is 16.1 Å². The van der Waals surface area contributed by atoms with Gasteiger partial charge in [0.2, 0.25) is 5.89 Å². The van der Waals surface area contributed by atoms with Crippen LogP contribution in [0.1, 0.15) is 10.7 Å². The Labute approximate surface area is 125 Å². The van der Waals surface area contributed by atoms with Crippen molar-refractivity contribution in [3.05, 3.63) is 65.5 Å². The van der Waals surface area contributed by atoms with Gasteiger partial charge in [0, 0.05) is 16.3 Å². The van der Waals surface area contributed by atoms with Gasteiger partial charge in [0.25, 0.3) is 0 Å². The van der Waals surface area contributed by atoms with Crippen LogP contribution in [0.4, 0.5) is 5.69 Å². The molecule has 1 heterocycles. The highest BCUT2D eigenvalue weighted by Gasteiger charge is 2.15. The molecular weight excluding hydrogens is 290 g/mol. The molecule has 0 fully saturated rings. The Morgan fingerprint density at radius 3 is 2.43 bits per heavy atom. The highest BCUT2D eigenvalue weighted by molar-refractivity contribution is 6.30. The van der Waals surface area contributed by atoms with E-state index in [-0.39, 0.29) is 11.8 Å². The van der Waals surface area contributed by atoms with Gasteiger partial charge in [-0.2, -0.15) is 0 Å². The molecule has 1 N–H and O–H groups in total. The average Bonchev–Trinajstić information content (AvgIpc) is 2.99. The van der Waals surface area contributed by atoms with Crippen molar-refractivity contribution in [3.8, 4) is 11.5 Å². The zero-order chi connectivity index (χ0) is 14.7. The Morgan fingerprint density at radius 1 is 1.00 bits per heavy atom. The third kappa shape index (κ3) is 3.09. The summed E-state index contributed by atoms with van der Waals surface area (Å²) in [5.41, 5.74) is 1.36. The third-order valence-electron chi connectivity index (χ3n) is 2.74. The van der Waals surface area contributed by atoms with E-state index in [0.717, 1.165) is 0 Å². The molecule has 0 aliphatic heterocycles. The molecule has 0 unspecified atom stereocenters. The van der Waals surface area contributed by atoms with Crippen molar-refractivity contribution in [1.29, 1.82) is 0 Å². The lowest BCUT2D eigenvalue weighted by molar-refractivity contribution is 0.0991. The van der Waals surface area contributed by atoms with E-state index < -0.39 is 5.91 Å². The van der Waals surface area contributed by atoms with Crippen molar-refractivity contribution >= 4 is 23.2 Å². The van der Waals surface area contributed by atoms with Gasteiger partial charge in [0.05, 0.1) is 0 Å². The topological polar surface area (TPSA) is 68.0 Å². The standard InChI is InChI=1S/C15H10ClN3O2/c16-11-8-6-10(7-9-11)14-18-19-15(21-14)13(20)17-12-4-2-1-3-5-12/h1-9H,(H,17,20). The lowest BCUT2D eigenvalue weighted by Crippen LogP contribution is -2.12. The van der Waals surface area contributed by atoms with Gasteiger partial charge >= 0.3 is 11.8 Å². The third-order valence-corrected chi connectivity index (χ3v) is 2.99. The first-order chi connectivity index (χ1) is 10.2. The number of anilines is 1. The summed E-state index contributed by atoms with van der Waals surface area (Å²) in [7, 11) is 0. The van der Waals surface area contributed by atoms with Crippen molar-refractivity contribution in [2.75, 3.05) is 5.32 Å². The first-order valence-corrected chi connectivity index (χ1v) is 6.56. The van der Waals surface area contributed by atoms with Crippen molar-refractivity contribution < 1.29 is 9.21 Å². The van der Waals surface area contributed by atoms with Crippen molar-refractivity contribution in [3.63, 3.8) is 0 Å². The molecule has 21 heavy (non-hydrogen) atoms. The normalized spacial score (nSPS) is 10.3. The zero-order valence-electron chi connectivity index (χ0n) is 10.8. The number of halogens is 1. The number of benzene rings is 2. The number of rotatable bonds is 3. The molecule has 6 heteroatoms. The molecule has 0 aliphatic carbocycles. The fourth-order valence-corrected chi connectivity index (χ4v) is 1.86. The van der Waals surface area contributed by atoms with Gasteiger partial charge in [-0.1, -0.05) is 29.8 Å². The quantitative estimate of drug-likeness (QED) is 0.801. The number of aromatic nitrogens is 2. The number of para-hydroxylation sites is 1. The number of hydrogen-bond acceptors (Lipinski definition) is 4. The number of carbonyl (C=O) groups excluding carboxylic acids is 1. The molecule has 0 saturated heterocycles. The SMILES string of the molecule is O=C(Nc1ccccc1)c1nnc(-c2ccc(Cl)cc2)o1. The van der Waals surface area contributed by atoms with Gasteiger partial charge in [-0.25, -0.2) is 0 Å². The van der Waals surface area contributed by atoms with Crippen LogP contribution in [0.3, 0.4) is 0 Å². The fraction of sp³-hybridized carbons (Fsp3) is 0. The minimum absolute atomic E-state index is 0.0937. The van der Waals surface area contributed by atoms with Crippen LogP contribution in [0.5, 0.6) is 0 Å². The van der Waals surface area contributed by atoms with Crippen LogP contribution < -0.4 is 5.32 Å².